The first-order chi connectivity index (χ1) is 8.43. The van der Waals surface area contributed by atoms with Gasteiger partial charge in [-0.15, -0.1) is 0 Å². The zero-order valence-electron chi connectivity index (χ0n) is 10.7. The highest BCUT2D eigenvalue weighted by Gasteiger charge is 2.33. The molecule has 2 unspecified atom stereocenters. The summed E-state index contributed by atoms with van der Waals surface area (Å²) in [5, 5.41) is 0. The fourth-order valence-electron chi connectivity index (χ4n) is 2.25. The molecule has 0 N–H and O–H groups in total. The molecular formula is C12H16N2O4. The zero-order chi connectivity index (χ0) is 13.4. The Morgan fingerprint density at radius 2 is 2.06 bits per heavy atom. The molecule has 1 aliphatic heterocycles. The van der Waals surface area contributed by atoms with Crippen LogP contribution in [0, 0.1) is 5.92 Å². The van der Waals surface area contributed by atoms with E-state index in [4.69, 9.17) is 4.74 Å². The molecule has 0 amide bonds. The highest BCUT2D eigenvalue weighted by atomic mass is 16.5. The van der Waals surface area contributed by atoms with Crippen molar-refractivity contribution in [3.8, 4) is 0 Å². The maximum absolute atomic E-state index is 12.3. The molecule has 1 aliphatic rings. The van der Waals surface area contributed by atoms with Gasteiger partial charge in [0.2, 0.25) is 0 Å². The quantitative estimate of drug-likeness (QED) is 0.677. The Labute approximate surface area is 104 Å². The molecule has 0 radical (unpaired) electrons. The number of ketones is 1. The van der Waals surface area contributed by atoms with Crippen LogP contribution in [-0.4, -0.2) is 27.6 Å². The Kier molecular flexibility index (Phi) is 3.21. The third-order valence-corrected chi connectivity index (χ3v) is 3.42. The van der Waals surface area contributed by atoms with Crippen molar-refractivity contribution >= 4 is 5.78 Å². The van der Waals surface area contributed by atoms with Crippen molar-refractivity contribution in [3.05, 3.63) is 32.6 Å². The lowest BCUT2D eigenvalue weighted by Crippen LogP contribution is -2.41. The molecule has 0 bridgehead atoms. The van der Waals surface area contributed by atoms with E-state index in [2.05, 4.69) is 0 Å². The zero-order valence-corrected chi connectivity index (χ0v) is 10.7. The molecule has 6 nitrogen and oxygen atoms in total. The van der Waals surface area contributed by atoms with Crippen LogP contribution in [0.25, 0.3) is 0 Å². The summed E-state index contributed by atoms with van der Waals surface area (Å²) >= 11 is 0. The molecule has 1 saturated heterocycles. The van der Waals surface area contributed by atoms with Crippen LogP contribution in [0.15, 0.2) is 15.8 Å². The van der Waals surface area contributed by atoms with E-state index >= 15 is 0 Å². The van der Waals surface area contributed by atoms with Gasteiger partial charge < -0.3 is 9.30 Å². The van der Waals surface area contributed by atoms with E-state index in [1.807, 2.05) is 6.92 Å². The van der Waals surface area contributed by atoms with E-state index in [9.17, 15) is 14.4 Å². The summed E-state index contributed by atoms with van der Waals surface area (Å²) in [4.78, 5) is 35.8. The van der Waals surface area contributed by atoms with Crippen molar-refractivity contribution < 1.29 is 9.53 Å². The van der Waals surface area contributed by atoms with Crippen molar-refractivity contribution in [3.63, 3.8) is 0 Å². The minimum Gasteiger partial charge on any atom is -0.378 e. The van der Waals surface area contributed by atoms with E-state index in [0.29, 0.717) is 13.0 Å². The smallest absolute Gasteiger partial charge is 0.330 e. The third kappa shape index (κ3) is 1.92. The van der Waals surface area contributed by atoms with Gasteiger partial charge in [0.15, 0.2) is 5.78 Å². The Hall–Kier alpha value is -1.69. The van der Waals surface area contributed by atoms with Gasteiger partial charge in [-0.25, -0.2) is 4.79 Å². The van der Waals surface area contributed by atoms with Gasteiger partial charge in [-0.05, 0) is 13.3 Å². The van der Waals surface area contributed by atoms with Crippen molar-refractivity contribution in [2.24, 2.45) is 20.0 Å². The first-order valence-corrected chi connectivity index (χ1v) is 5.86. The summed E-state index contributed by atoms with van der Waals surface area (Å²) in [5.74, 6) is -0.536. The van der Waals surface area contributed by atoms with Gasteiger partial charge >= 0.3 is 5.69 Å². The third-order valence-electron chi connectivity index (χ3n) is 3.42. The number of rotatable bonds is 2. The Morgan fingerprint density at radius 1 is 1.39 bits per heavy atom. The molecule has 6 heteroatoms. The molecular weight excluding hydrogens is 236 g/mol. The minimum atomic E-state index is -0.540. The monoisotopic (exact) mass is 252 g/mol. The summed E-state index contributed by atoms with van der Waals surface area (Å²) < 4.78 is 7.53. The average Bonchev–Trinajstić information content (AvgIpc) is 2.76. The van der Waals surface area contributed by atoms with E-state index in [-0.39, 0.29) is 23.4 Å². The number of Topliss-reactive ketones (excluding diaryl/α,β-unsaturated/α-hetero) is 1. The van der Waals surface area contributed by atoms with Crippen LogP contribution >= 0.6 is 0 Å². The number of hydrogen-bond donors (Lipinski definition) is 0. The molecule has 0 spiro atoms. The Bertz CT molecular complexity index is 599. The Morgan fingerprint density at radius 3 is 2.61 bits per heavy atom. The van der Waals surface area contributed by atoms with Crippen LogP contribution < -0.4 is 11.2 Å². The second-order valence-corrected chi connectivity index (χ2v) is 4.64. The molecule has 18 heavy (non-hydrogen) atoms. The van der Waals surface area contributed by atoms with Crippen LogP contribution in [0.4, 0.5) is 0 Å². The molecule has 0 aromatic carbocycles. The highest BCUT2D eigenvalue weighted by Crippen LogP contribution is 2.23. The van der Waals surface area contributed by atoms with E-state index in [1.54, 1.807) is 0 Å². The maximum atomic E-state index is 12.3. The summed E-state index contributed by atoms with van der Waals surface area (Å²) in [6, 6.07) is 0. The van der Waals surface area contributed by atoms with E-state index in [0.717, 1.165) is 4.57 Å². The van der Waals surface area contributed by atoms with Gasteiger partial charge in [-0.3, -0.25) is 14.2 Å². The highest BCUT2D eigenvalue weighted by molar-refractivity contribution is 5.97. The first kappa shape index (κ1) is 12.8. The van der Waals surface area contributed by atoms with Gasteiger partial charge in [0, 0.05) is 26.9 Å². The molecule has 1 aromatic rings. The van der Waals surface area contributed by atoms with Crippen LogP contribution in [0.5, 0.6) is 0 Å². The number of aromatic nitrogens is 2. The van der Waals surface area contributed by atoms with Crippen molar-refractivity contribution in [1.82, 2.24) is 9.13 Å². The fraction of sp³-hybridized carbons (Fsp3) is 0.583. The molecule has 98 valence electrons. The van der Waals surface area contributed by atoms with Gasteiger partial charge in [0.05, 0.1) is 17.6 Å². The summed E-state index contributed by atoms with van der Waals surface area (Å²) in [5.41, 5.74) is -0.920. The van der Waals surface area contributed by atoms with Crippen LogP contribution in [-0.2, 0) is 18.8 Å². The van der Waals surface area contributed by atoms with Gasteiger partial charge in [0.25, 0.3) is 5.56 Å². The summed E-state index contributed by atoms with van der Waals surface area (Å²) in [6.07, 6.45) is 1.75. The standard InChI is InChI=1S/C12H16N2O4/c1-7-8(4-5-18-7)10(15)9-6-13(2)12(17)14(3)11(9)16/h6-8H,4-5H2,1-3H3. The maximum Gasteiger partial charge on any atom is 0.330 e. The molecule has 0 aliphatic carbocycles. The van der Waals surface area contributed by atoms with Crippen molar-refractivity contribution in [2.45, 2.75) is 19.4 Å². The lowest BCUT2D eigenvalue weighted by Gasteiger charge is -2.13. The number of carbonyl (C=O) groups is 1. The van der Waals surface area contributed by atoms with Crippen LogP contribution in [0.1, 0.15) is 23.7 Å². The summed E-state index contributed by atoms with van der Waals surface area (Å²) in [7, 11) is 2.89. The second kappa shape index (κ2) is 4.53. The van der Waals surface area contributed by atoms with E-state index in [1.165, 1.54) is 24.9 Å². The molecule has 2 atom stereocenters. The van der Waals surface area contributed by atoms with E-state index < -0.39 is 11.2 Å². The number of aryl methyl sites for hydroxylation is 1. The van der Waals surface area contributed by atoms with Crippen molar-refractivity contribution in [2.75, 3.05) is 6.61 Å². The fourth-order valence-corrected chi connectivity index (χ4v) is 2.25. The molecule has 2 heterocycles. The minimum absolute atomic E-state index is 0.0574. The number of hydrogen-bond acceptors (Lipinski definition) is 4. The number of carbonyl (C=O) groups excluding carboxylic acids is 1. The normalized spacial score (nSPS) is 23.3. The summed E-state index contributed by atoms with van der Waals surface area (Å²) in [6.45, 7) is 2.35. The lowest BCUT2D eigenvalue weighted by atomic mass is 9.94. The first-order valence-electron chi connectivity index (χ1n) is 5.86. The SMILES string of the molecule is CC1OCCC1C(=O)c1cn(C)c(=O)n(C)c1=O. The average molecular weight is 252 g/mol. The largest absolute Gasteiger partial charge is 0.378 e. The van der Waals surface area contributed by atoms with Crippen molar-refractivity contribution in [1.29, 1.82) is 0 Å². The topological polar surface area (TPSA) is 70.3 Å². The molecule has 1 aromatic heterocycles. The Balaban J connectivity index is 2.49. The van der Waals surface area contributed by atoms with Gasteiger partial charge in [0.1, 0.15) is 0 Å². The van der Waals surface area contributed by atoms with Crippen LogP contribution in [0.2, 0.25) is 0 Å². The van der Waals surface area contributed by atoms with Gasteiger partial charge in [-0.2, -0.15) is 0 Å². The lowest BCUT2D eigenvalue weighted by molar-refractivity contribution is 0.0761. The predicted octanol–water partition coefficient (Wildman–Crippen LogP) is -0.308. The van der Waals surface area contributed by atoms with Gasteiger partial charge in [-0.1, -0.05) is 0 Å². The molecule has 1 fully saturated rings. The second-order valence-electron chi connectivity index (χ2n) is 4.64. The number of nitrogens with zero attached hydrogens (tertiary/aromatic N) is 2. The predicted molar refractivity (Wildman–Crippen MR) is 64.8 cm³/mol. The number of ether oxygens (including phenoxy) is 1. The van der Waals surface area contributed by atoms with Crippen LogP contribution in [0.3, 0.4) is 0 Å². The molecule has 0 saturated carbocycles. The molecule has 2 rings (SSSR count).